The highest BCUT2D eigenvalue weighted by atomic mass is 16.5. The molecule has 4 aromatic heterocycles. The molecule has 0 atom stereocenters. The summed E-state index contributed by atoms with van der Waals surface area (Å²) in [6.07, 6.45) is 10.8. The van der Waals surface area contributed by atoms with Crippen molar-refractivity contribution in [2.24, 2.45) is 0 Å². The Morgan fingerprint density at radius 2 is 0.692 bits per heavy atom. The molecule has 0 saturated carbocycles. The first-order chi connectivity index (χ1) is 24.9. The second-order valence-corrected chi connectivity index (χ2v) is 13.1. The summed E-state index contributed by atoms with van der Waals surface area (Å²) in [4.78, 5) is 63.6. The van der Waals surface area contributed by atoms with E-state index < -0.39 is 0 Å². The smallest absolute Gasteiger partial charge is 0.305 e. The van der Waals surface area contributed by atoms with Gasteiger partial charge in [0.2, 0.25) is 0 Å². The van der Waals surface area contributed by atoms with Gasteiger partial charge in [0.1, 0.15) is 0 Å². The Morgan fingerprint density at radius 3 is 1.04 bits per heavy atom. The molecule has 1 aliphatic rings. The van der Waals surface area contributed by atoms with Crippen molar-refractivity contribution < 1.29 is 38.1 Å². The predicted molar refractivity (Wildman–Crippen MR) is 196 cm³/mol. The monoisotopic (exact) mass is 716 g/mol. The fourth-order valence-corrected chi connectivity index (χ4v) is 6.97. The normalized spacial score (nSPS) is 11.8. The molecule has 5 heterocycles. The van der Waals surface area contributed by atoms with Gasteiger partial charge < -0.3 is 38.9 Å². The summed E-state index contributed by atoms with van der Waals surface area (Å²) in [5.41, 5.74) is 11.2. The molecule has 4 aromatic rings. The van der Waals surface area contributed by atoms with Gasteiger partial charge in [-0.05, 0) is 122 Å². The van der Waals surface area contributed by atoms with Crippen LogP contribution in [0, 0.1) is 27.7 Å². The zero-order valence-corrected chi connectivity index (χ0v) is 31.2. The van der Waals surface area contributed by atoms with Crippen molar-refractivity contribution in [3.8, 4) is 0 Å². The van der Waals surface area contributed by atoms with Crippen molar-refractivity contribution in [3.63, 3.8) is 0 Å². The molecule has 276 valence electrons. The number of hydrogen-bond donors (Lipinski definition) is 4. The van der Waals surface area contributed by atoms with Gasteiger partial charge in [0, 0.05) is 69.9 Å². The number of ether oxygens (including phenoxy) is 4. The summed E-state index contributed by atoms with van der Waals surface area (Å²) in [6, 6.07) is 0. The third-order valence-corrected chi connectivity index (χ3v) is 10.2. The quantitative estimate of drug-likeness (QED) is 0.113. The molecule has 5 rings (SSSR count). The van der Waals surface area contributed by atoms with Gasteiger partial charge in [0.05, 0.1) is 28.4 Å². The topological polar surface area (TPSA) is 168 Å². The van der Waals surface area contributed by atoms with Crippen molar-refractivity contribution in [1.29, 1.82) is 0 Å². The Bertz CT molecular complexity index is 2280. The van der Waals surface area contributed by atoms with Crippen LogP contribution in [0.4, 0.5) is 0 Å². The zero-order chi connectivity index (χ0) is 37.7. The van der Waals surface area contributed by atoms with E-state index in [2.05, 4.69) is 32.1 Å². The van der Waals surface area contributed by atoms with Gasteiger partial charge in [0.25, 0.3) is 0 Å². The molecule has 52 heavy (non-hydrogen) atoms. The van der Waals surface area contributed by atoms with Gasteiger partial charge in [-0.1, -0.05) is 0 Å². The third-order valence-electron chi connectivity index (χ3n) is 10.2. The molecule has 8 bridgehead atoms. The first-order valence-corrected chi connectivity index (χ1v) is 17.4. The minimum Gasteiger partial charge on any atom is -0.469 e. The zero-order valence-electron chi connectivity index (χ0n) is 31.2. The van der Waals surface area contributed by atoms with E-state index in [4.69, 9.17) is 18.9 Å². The number of hydrogen-bond acceptors (Lipinski definition) is 8. The van der Waals surface area contributed by atoms with Gasteiger partial charge in [0.15, 0.2) is 0 Å². The molecule has 0 saturated heterocycles. The molecule has 0 aromatic carbocycles. The lowest BCUT2D eigenvalue weighted by Gasteiger charge is -2.03. The average Bonchev–Trinajstić information content (AvgIpc) is 3.80. The Labute approximate surface area is 302 Å². The van der Waals surface area contributed by atoms with Crippen LogP contribution in [0.5, 0.6) is 0 Å². The second-order valence-electron chi connectivity index (χ2n) is 13.1. The highest BCUT2D eigenvalue weighted by Gasteiger charge is 2.19. The van der Waals surface area contributed by atoms with Crippen LogP contribution in [0.15, 0.2) is 0 Å². The predicted octanol–water partition coefficient (Wildman–Crippen LogP) is 2.28. The SMILES string of the molecule is COC(=O)CCc1c2[15nH]c(c1C)C=c1[15nH]c(c(C)c1CCC(=O)OC)=Cc1[15nH]c(c(CCC(=O)OC)c1C)C=c1[15nH]c(c(C)c1CCC(=O)OC)=C2. The van der Waals surface area contributed by atoms with Gasteiger partial charge in [-0.2, -0.15) is 0 Å². The Hall–Kier alpha value is -5.52. The van der Waals surface area contributed by atoms with Crippen molar-refractivity contribution in [2.75, 3.05) is 28.4 Å². The van der Waals surface area contributed by atoms with Crippen LogP contribution < -0.4 is 21.4 Å². The standard InChI is InChI=1S/C40H48N4O8/c1-21-25(9-13-37(45)49-5)33-18-31-23(3)26(10-14-38(46)50-6)34(43-31)19-32-24(4)28(12-16-40(48)52-8)36(44-32)20-35-27(11-15-39(47)51-7)22(2)30(42-35)17-29(21)41-33/h17-20,41-44H,9-16H2,1-8H3/i41+1,42+1,43+1,44+1. The van der Waals surface area contributed by atoms with Crippen LogP contribution in [-0.4, -0.2) is 72.3 Å². The Balaban J connectivity index is 1.86. The molecule has 0 unspecified atom stereocenters. The van der Waals surface area contributed by atoms with Crippen LogP contribution in [-0.2, 0) is 63.8 Å². The molecule has 0 spiro atoms. The highest BCUT2D eigenvalue weighted by molar-refractivity contribution is 5.73. The number of methoxy groups -OCH3 is 4. The summed E-state index contributed by atoms with van der Waals surface area (Å²) < 4.78 is 19.9. The van der Waals surface area contributed by atoms with Crippen molar-refractivity contribution in [1.82, 2.24) is 19.9 Å². The van der Waals surface area contributed by atoms with Gasteiger partial charge >= 0.3 is 23.9 Å². The molecule has 4 N–H and O–H groups in total. The average molecular weight is 717 g/mol. The van der Waals surface area contributed by atoms with Crippen LogP contribution in [0.2, 0.25) is 0 Å². The fourth-order valence-electron chi connectivity index (χ4n) is 6.97. The van der Waals surface area contributed by atoms with Crippen LogP contribution in [0.1, 0.15) is 93.0 Å². The summed E-state index contributed by atoms with van der Waals surface area (Å²) >= 11 is 0. The maximum atomic E-state index is 12.3. The van der Waals surface area contributed by atoms with E-state index in [1.54, 1.807) is 0 Å². The first kappa shape index (κ1) is 37.7. The van der Waals surface area contributed by atoms with E-state index in [0.29, 0.717) is 25.7 Å². The molecule has 0 radical (unpaired) electrons. The summed E-state index contributed by atoms with van der Waals surface area (Å²) in [7, 11) is 5.54. The van der Waals surface area contributed by atoms with E-state index in [0.717, 1.165) is 88.7 Å². The van der Waals surface area contributed by atoms with E-state index >= 15 is 0 Å². The number of carbonyl (C=O) groups is 4. The number of aromatic amines is 4. The van der Waals surface area contributed by atoms with Crippen LogP contribution in [0.3, 0.4) is 0 Å². The van der Waals surface area contributed by atoms with E-state index in [1.807, 2.05) is 39.8 Å². The highest BCUT2D eigenvalue weighted by Crippen LogP contribution is 2.24. The third kappa shape index (κ3) is 8.01. The van der Waals surface area contributed by atoms with Crippen molar-refractivity contribution >= 4 is 48.2 Å². The number of esters is 4. The molecule has 12 nitrogen and oxygen atoms in total. The number of H-pyrrole nitrogens is 4. The maximum absolute atomic E-state index is 12.3. The van der Waals surface area contributed by atoms with E-state index in [1.165, 1.54) is 28.4 Å². The molecule has 0 aliphatic carbocycles. The lowest BCUT2D eigenvalue weighted by molar-refractivity contribution is -0.141. The molecule has 1 aliphatic heterocycles. The molecular formula is C40H48N4O8. The Morgan fingerprint density at radius 1 is 0.404 bits per heavy atom. The number of nitrogens with one attached hydrogen (secondary N) is 4. The van der Waals surface area contributed by atoms with Gasteiger partial charge in [-0.3, -0.25) is 19.2 Å². The van der Waals surface area contributed by atoms with Crippen molar-refractivity contribution in [2.45, 2.75) is 79.1 Å². The maximum Gasteiger partial charge on any atom is 0.305 e. The largest absolute Gasteiger partial charge is 0.469 e. The van der Waals surface area contributed by atoms with Gasteiger partial charge in [-0.15, -0.1) is 0 Å². The molecular weight excluding hydrogens is 668 g/mol. The minimum atomic E-state index is -0.307. The first-order valence-electron chi connectivity index (χ1n) is 17.4. The number of carbonyl (C=O) groups excluding carboxylic acids is 4. The lowest BCUT2D eigenvalue weighted by Crippen LogP contribution is -2.14. The van der Waals surface area contributed by atoms with Gasteiger partial charge in [-0.25, -0.2) is 0 Å². The minimum absolute atomic E-state index is 0.199. The van der Waals surface area contributed by atoms with Crippen LogP contribution in [0.25, 0.3) is 24.3 Å². The second kappa shape index (κ2) is 16.2. The number of rotatable bonds is 12. The Kier molecular flexibility index (Phi) is 11.8. The molecule has 0 amide bonds. The van der Waals surface area contributed by atoms with Crippen molar-refractivity contribution in [3.05, 3.63) is 88.7 Å². The summed E-state index contributed by atoms with van der Waals surface area (Å²) in [6.45, 7) is 8.11. The number of aromatic nitrogens is 4. The summed E-state index contributed by atoms with van der Waals surface area (Å²) in [5, 5.41) is 3.38. The van der Waals surface area contributed by atoms with Crippen LogP contribution >= 0.6 is 0 Å². The molecule has 0 fully saturated rings. The fraction of sp³-hybridized carbons (Fsp3) is 0.400. The number of fused-ring (bicyclic) bond motifs is 8. The lowest BCUT2D eigenvalue weighted by atomic mass is 10.0. The van der Waals surface area contributed by atoms with E-state index in [9.17, 15) is 19.2 Å². The summed E-state index contributed by atoms with van der Waals surface area (Å²) in [5.74, 6) is -1.21. The van der Waals surface area contributed by atoms with E-state index in [-0.39, 0.29) is 49.6 Å². The molecule has 12 heteroatoms.